The van der Waals surface area contributed by atoms with E-state index in [1.54, 1.807) is 12.1 Å². The maximum atomic E-state index is 12.2. The third-order valence-corrected chi connectivity index (χ3v) is 4.62. The minimum Gasteiger partial charge on any atom is -0.384 e. The van der Waals surface area contributed by atoms with Gasteiger partial charge in [0.25, 0.3) is 5.91 Å². The van der Waals surface area contributed by atoms with Crippen LogP contribution in [-0.4, -0.2) is 54.2 Å². The van der Waals surface area contributed by atoms with Gasteiger partial charge >= 0.3 is 0 Å². The van der Waals surface area contributed by atoms with E-state index in [1.165, 1.54) is 6.20 Å². The van der Waals surface area contributed by atoms with Crippen molar-refractivity contribution in [1.29, 1.82) is 0 Å². The highest BCUT2D eigenvalue weighted by molar-refractivity contribution is 5.94. The van der Waals surface area contributed by atoms with E-state index in [0.29, 0.717) is 17.4 Å². The molecule has 3 rings (SSSR count). The zero-order valence-corrected chi connectivity index (χ0v) is 12.8. The Morgan fingerprint density at radius 2 is 1.95 bits per heavy atom. The number of hydrogen-bond donors (Lipinski definition) is 2. The quantitative estimate of drug-likeness (QED) is 0.872. The van der Waals surface area contributed by atoms with Gasteiger partial charge in [-0.25, -0.2) is 4.98 Å². The van der Waals surface area contributed by atoms with E-state index in [4.69, 9.17) is 10.5 Å². The number of piperidine rings is 1. The second kappa shape index (κ2) is 7.07. The van der Waals surface area contributed by atoms with Crippen molar-refractivity contribution in [2.45, 2.75) is 37.8 Å². The Morgan fingerprint density at radius 3 is 2.59 bits per heavy atom. The molecule has 6 heteroatoms. The molecule has 2 saturated heterocycles. The van der Waals surface area contributed by atoms with Gasteiger partial charge in [-0.15, -0.1) is 0 Å². The molecule has 0 saturated carbocycles. The molecule has 0 radical (unpaired) electrons. The van der Waals surface area contributed by atoms with E-state index < -0.39 is 0 Å². The van der Waals surface area contributed by atoms with Crippen molar-refractivity contribution in [3.63, 3.8) is 0 Å². The van der Waals surface area contributed by atoms with E-state index in [9.17, 15) is 4.79 Å². The standard InChI is InChI=1S/C16H24N4O2/c17-15-2-1-12(11-18-15)16(21)19-13-3-7-20(8-4-13)14-5-9-22-10-6-14/h1-2,11,13-14H,3-10H2,(H2,17,18)(H,19,21). The van der Waals surface area contributed by atoms with E-state index in [-0.39, 0.29) is 11.9 Å². The first-order chi connectivity index (χ1) is 10.7. The number of hydrogen-bond acceptors (Lipinski definition) is 5. The lowest BCUT2D eigenvalue weighted by atomic mass is 9.99. The number of ether oxygens (including phenoxy) is 1. The molecule has 3 N–H and O–H groups in total. The summed E-state index contributed by atoms with van der Waals surface area (Å²) in [5.41, 5.74) is 6.11. The molecule has 0 bridgehead atoms. The molecule has 120 valence electrons. The van der Waals surface area contributed by atoms with Gasteiger partial charge in [0.05, 0.1) is 5.56 Å². The molecular weight excluding hydrogens is 280 g/mol. The summed E-state index contributed by atoms with van der Waals surface area (Å²) in [5.74, 6) is 0.373. The largest absolute Gasteiger partial charge is 0.384 e. The number of carbonyl (C=O) groups excluding carboxylic acids is 1. The maximum absolute atomic E-state index is 12.2. The Kier molecular flexibility index (Phi) is 4.90. The van der Waals surface area contributed by atoms with Crippen molar-refractivity contribution in [2.24, 2.45) is 0 Å². The summed E-state index contributed by atoms with van der Waals surface area (Å²) in [5, 5.41) is 3.11. The Labute approximate surface area is 131 Å². The lowest BCUT2D eigenvalue weighted by Crippen LogP contribution is -2.49. The van der Waals surface area contributed by atoms with Crippen molar-refractivity contribution in [3.05, 3.63) is 23.9 Å². The summed E-state index contributed by atoms with van der Waals surface area (Å²) in [6.07, 6.45) is 5.81. The highest BCUT2D eigenvalue weighted by atomic mass is 16.5. The molecule has 1 aromatic rings. The van der Waals surface area contributed by atoms with Crippen LogP contribution >= 0.6 is 0 Å². The number of likely N-dealkylation sites (tertiary alicyclic amines) is 1. The molecular formula is C16H24N4O2. The number of pyridine rings is 1. The molecule has 6 nitrogen and oxygen atoms in total. The Hall–Kier alpha value is -1.66. The Balaban J connectivity index is 1.47. The molecule has 22 heavy (non-hydrogen) atoms. The number of nitrogen functional groups attached to an aromatic ring is 1. The third-order valence-electron chi connectivity index (χ3n) is 4.62. The third kappa shape index (κ3) is 3.75. The van der Waals surface area contributed by atoms with Crippen LogP contribution < -0.4 is 11.1 Å². The van der Waals surface area contributed by atoms with Crippen molar-refractivity contribution >= 4 is 11.7 Å². The first-order valence-corrected chi connectivity index (χ1v) is 8.06. The molecule has 0 spiro atoms. The molecule has 3 heterocycles. The molecule has 2 fully saturated rings. The Bertz CT molecular complexity index is 491. The van der Waals surface area contributed by atoms with Crippen LogP contribution in [0.1, 0.15) is 36.0 Å². The Morgan fingerprint density at radius 1 is 1.23 bits per heavy atom. The van der Waals surface area contributed by atoms with E-state index in [2.05, 4.69) is 15.2 Å². The number of nitrogens with zero attached hydrogens (tertiary/aromatic N) is 2. The van der Waals surface area contributed by atoms with Gasteiger partial charge in [0.15, 0.2) is 0 Å². The fourth-order valence-electron chi connectivity index (χ4n) is 3.27. The summed E-state index contributed by atoms with van der Waals surface area (Å²) in [4.78, 5) is 18.7. The molecule has 0 atom stereocenters. The van der Waals surface area contributed by atoms with Gasteiger partial charge in [-0.05, 0) is 37.8 Å². The average molecular weight is 304 g/mol. The van der Waals surface area contributed by atoms with Gasteiger partial charge < -0.3 is 20.7 Å². The van der Waals surface area contributed by atoms with Crippen molar-refractivity contribution in [3.8, 4) is 0 Å². The lowest BCUT2D eigenvalue weighted by Gasteiger charge is -2.39. The number of carbonyl (C=O) groups is 1. The highest BCUT2D eigenvalue weighted by Crippen LogP contribution is 2.20. The normalized spacial score (nSPS) is 21.6. The van der Waals surface area contributed by atoms with Crippen molar-refractivity contribution < 1.29 is 9.53 Å². The van der Waals surface area contributed by atoms with Crippen LogP contribution in [0.5, 0.6) is 0 Å². The highest BCUT2D eigenvalue weighted by Gasteiger charge is 2.27. The second-order valence-corrected chi connectivity index (χ2v) is 6.10. The molecule has 1 aromatic heterocycles. The predicted octanol–water partition coefficient (Wildman–Crippen LogP) is 1.04. The maximum Gasteiger partial charge on any atom is 0.253 e. The van der Waals surface area contributed by atoms with Crippen LogP contribution in [0.4, 0.5) is 5.82 Å². The fraction of sp³-hybridized carbons (Fsp3) is 0.625. The van der Waals surface area contributed by atoms with Gasteiger partial charge in [0, 0.05) is 44.6 Å². The zero-order chi connectivity index (χ0) is 15.4. The van der Waals surface area contributed by atoms with Crippen LogP contribution in [0.25, 0.3) is 0 Å². The summed E-state index contributed by atoms with van der Waals surface area (Å²) < 4.78 is 5.42. The fourth-order valence-corrected chi connectivity index (χ4v) is 3.27. The molecule has 0 aromatic carbocycles. The van der Waals surface area contributed by atoms with Crippen LogP contribution in [0, 0.1) is 0 Å². The van der Waals surface area contributed by atoms with Crippen LogP contribution in [0.15, 0.2) is 18.3 Å². The van der Waals surface area contributed by atoms with Gasteiger partial charge in [0.2, 0.25) is 0 Å². The summed E-state index contributed by atoms with van der Waals surface area (Å²) in [6.45, 7) is 3.86. The molecule has 1 amide bonds. The van der Waals surface area contributed by atoms with Crippen LogP contribution in [-0.2, 0) is 4.74 Å². The number of aromatic nitrogens is 1. The monoisotopic (exact) mass is 304 g/mol. The number of rotatable bonds is 3. The molecule has 2 aliphatic rings. The minimum atomic E-state index is -0.0583. The minimum absolute atomic E-state index is 0.0583. The summed E-state index contributed by atoms with van der Waals surface area (Å²) >= 11 is 0. The van der Waals surface area contributed by atoms with E-state index >= 15 is 0 Å². The first kappa shape index (κ1) is 15.2. The first-order valence-electron chi connectivity index (χ1n) is 8.06. The topological polar surface area (TPSA) is 80.5 Å². The SMILES string of the molecule is Nc1ccc(C(=O)NC2CCN(C3CCOCC3)CC2)cn1. The smallest absolute Gasteiger partial charge is 0.253 e. The predicted molar refractivity (Wildman–Crippen MR) is 84.6 cm³/mol. The van der Waals surface area contributed by atoms with Crippen molar-refractivity contribution in [1.82, 2.24) is 15.2 Å². The number of amides is 1. The number of nitrogens with two attached hydrogens (primary N) is 1. The van der Waals surface area contributed by atoms with Crippen LogP contribution in [0.2, 0.25) is 0 Å². The molecule has 0 unspecified atom stereocenters. The zero-order valence-electron chi connectivity index (χ0n) is 12.8. The average Bonchev–Trinajstić information content (AvgIpc) is 2.57. The van der Waals surface area contributed by atoms with Crippen molar-refractivity contribution in [2.75, 3.05) is 32.0 Å². The number of nitrogens with one attached hydrogen (secondary N) is 1. The lowest BCUT2D eigenvalue weighted by molar-refractivity contribution is 0.0238. The van der Waals surface area contributed by atoms with Gasteiger partial charge in [-0.1, -0.05) is 0 Å². The van der Waals surface area contributed by atoms with Gasteiger partial charge in [-0.2, -0.15) is 0 Å². The molecule has 2 aliphatic heterocycles. The molecule has 0 aliphatic carbocycles. The van der Waals surface area contributed by atoms with E-state index in [0.717, 1.165) is 52.0 Å². The summed E-state index contributed by atoms with van der Waals surface area (Å²) in [7, 11) is 0. The van der Waals surface area contributed by atoms with Crippen LogP contribution in [0.3, 0.4) is 0 Å². The number of anilines is 1. The summed E-state index contributed by atoms with van der Waals surface area (Å²) in [6, 6.07) is 4.28. The van der Waals surface area contributed by atoms with E-state index in [1.807, 2.05) is 0 Å². The van der Waals surface area contributed by atoms with Gasteiger partial charge in [0.1, 0.15) is 5.82 Å². The second-order valence-electron chi connectivity index (χ2n) is 6.10. The van der Waals surface area contributed by atoms with Gasteiger partial charge in [-0.3, -0.25) is 4.79 Å².